The maximum absolute atomic E-state index is 13.3. The van der Waals surface area contributed by atoms with E-state index >= 15 is 0 Å². The second kappa shape index (κ2) is 6.93. The molecule has 1 N–H and O–H groups in total. The van der Waals surface area contributed by atoms with Crippen LogP contribution in [0.4, 0.5) is 4.79 Å². The smallest absolute Gasteiger partial charge is 0.426 e. The van der Waals surface area contributed by atoms with Crippen LogP contribution in [0.25, 0.3) is 0 Å². The van der Waals surface area contributed by atoms with Crippen molar-refractivity contribution in [3.63, 3.8) is 0 Å². The lowest BCUT2D eigenvalue weighted by Crippen LogP contribution is -2.62. The van der Waals surface area contributed by atoms with Crippen LogP contribution in [-0.4, -0.2) is 28.7 Å². The van der Waals surface area contributed by atoms with E-state index in [0.29, 0.717) is 5.56 Å². The molecule has 5 heteroatoms. The summed E-state index contributed by atoms with van der Waals surface area (Å²) in [5, 5.41) is 1.48. The zero-order valence-corrected chi connectivity index (χ0v) is 17.3. The van der Waals surface area contributed by atoms with Gasteiger partial charge in [-0.05, 0) is 58.2 Å². The molecule has 0 spiro atoms. The van der Waals surface area contributed by atoms with Crippen LogP contribution in [-0.2, 0) is 10.2 Å². The molecule has 0 radical (unpaired) electrons. The van der Waals surface area contributed by atoms with E-state index in [1.54, 1.807) is 20.8 Å². The zero-order valence-electron chi connectivity index (χ0n) is 17.3. The Balaban J connectivity index is 2.50. The van der Waals surface area contributed by atoms with Crippen molar-refractivity contribution in [2.24, 2.45) is 0 Å². The number of benzene rings is 1. The van der Waals surface area contributed by atoms with Gasteiger partial charge in [-0.2, -0.15) is 0 Å². The fourth-order valence-electron chi connectivity index (χ4n) is 4.04. The number of hydrogen-bond acceptors (Lipinski definition) is 3. The second-order valence-electron chi connectivity index (χ2n) is 8.82. The molecule has 1 aromatic rings. The third-order valence-electron chi connectivity index (χ3n) is 4.89. The molecule has 2 rings (SSSR count). The molecule has 1 atom stereocenters. The van der Waals surface area contributed by atoms with Crippen LogP contribution in [0.1, 0.15) is 81.4 Å². The summed E-state index contributed by atoms with van der Waals surface area (Å²) in [6.45, 7) is 15.8. The van der Waals surface area contributed by atoms with Crippen molar-refractivity contribution in [2.75, 3.05) is 0 Å². The summed E-state index contributed by atoms with van der Waals surface area (Å²) in [6, 6.07) is 3.90. The van der Waals surface area contributed by atoms with E-state index in [4.69, 9.17) is 4.74 Å². The molecule has 0 unspecified atom stereocenters. The molecule has 26 heavy (non-hydrogen) atoms. The average Bonchev–Trinajstić information content (AvgIpc) is 2.45. The molecular formula is C21H32N2O3. The molecule has 1 heterocycles. The molecule has 0 bridgehead atoms. The lowest BCUT2D eigenvalue weighted by Gasteiger charge is -2.47. The molecular weight excluding hydrogens is 328 g/mol. The minimum atomic E-state index is -0.621. The number of amides is 2. The fraction of sp³-hybridized carbons (Fsp3) is 0.619. The third-order valence-corrected chi connectivity index (χ3v) is 4.89. The van der Waals surface area contributed by atoms with Crippen LogP contribution in [0.15, 0.2) is 12.1 Å². The van der Waals surface area contributed by atoms with E-state index in [0.717, 1.165) is 29.5 Å². The number of carbonyl (C=O) groups excluding carboxylic acids is 2. The quantitative estimate of drug-likeness (QED) is 0.854. The first-order valence-electron chi connectivity index (χ1n) is 9.33. The van der Waals surface area contributed by atoms with E-state index in [-0.39, 0.29) is 17.4 Å². The van der Waals surface area contributed by atoms with Gasteiger partial charge in [0.1, 0.15) is 5.60 Å². The molecule has 2 amide bonds. The SMILES string of the molecule is CCC[C@H]1N(NC(=O)OC(C)(C)C)C(=O)c2cc(C)cc(C)c2C1(C)C. The topological polar surface area (TPSA) is 58.6 Å². The van der Waals surface area contributed by atoms with Gasteiger partial charge in [-0.3, -0.25) is 4.79 Å². The number of ether oxygens (including phenoxy) is 1. The lowest BCUT2D eigenvalue weighted by molar-refractivity contribution is 0.00876. The highest BCUT2D eigenvalue weighted by Crippen LogP contribution is 2.41. The minimum absolute atomic E-state index is 0.138. The Morgan fingerprint density at radius 1 is 1.27 bits per heavy atom. The van der Waals surface area contributed by atoms with Gasteiger partial charge in [0.25, 0.3) is 5.91 Å². The molecule has 0 aromatic heterocycles. The Hall–Kier alpha value is -2.04. The van der Waals surface area contributed by atoms with Crippen LogP contribution >= 0.6 is 0 Å². The number of nitrogens with one attached hydrogen (secondary N) is 1. The van der Waals surface area contributed by atoms with Crippen molar-refractivity contribution < 1.29 is 14.3 Å². The van der Waals surface area contributed by atoms with E-state index < -0.39 is 11.7 Å². The number of hydrazine groups is 1. The number of nitrogens with zero attached hydrogens (tertiary/aromatic N) is 1. The van der Waals surface area contributed by atoms with Crippen LogP contribution in [0.5, 0.6) is 0 Å². The predicted octanol–water partition coefficient (Wildman–Crippen LogP) is 4.65. The van der Waals surface area contributed by atoms with Gasteiger partial charge in [0.05, 0.1) is 6.04 Å². The van der Waals surface area contributed by atoms with Crippen molar-refractivity contribution in [3.05, 3.63) is 34.4 Å². The van der Waals surface area contributed by atoms with E-state index in [1.165, 1.54) is 5.01 Å². The zero-order chi connectivity index (χ0) is 19.9. The molecule has 1 aliphatic heterocycles. The molecule has 144 valence electrons. The van der Waals surface area contributed by atoms with Gasteiger partial charge in [-0.1, -0.05) is 38.8 Å². The summed E-state index contributed by atoms with van der Waals surface area (Å²) in [6.07, 6.45) is 1.10. The summed E-state index contributed by atoms with van der Waals surface area (Å²) < 4.78 is 5.37. The number of carbonyl (C=O) groups is 2. The summed E-state index contributed by atoms with van der Waals surface area (Å²) in [5.74, 6) is -0.171. The van der Waals surface area contributed by atoms with Gasteiger partial charge in [0.2, 0.25) is 0 Å². The van der Waals surface area contributed by atoms with Gasteiger partial charge in [-0.25, -0.2) is 15.2 Å². The number of aryl methyl sites for hydroxylation is 2. The molecule has 0 saturated carbocycles. The first-order valence-corrected chi connectivity index (χ1v) is 9.33. The maximum Gasteiger partial charge on any atom is 0.426 e. The first-order chi connectivity index (χ1) is 11.9. The van der Waals surface area contributed by atoms with Crippen molar-refractivity contribution in [3.8, 4) is 0 Å². The molecule has 0 fully saturated rings. The Morgan fingerprint density at radius 3 is 2.42 bits per heavy atom. The summed E-state index contributed by atoms with van der Waals surface area (Å²) in [4.78, 5) is 25.6. The van der Waals surface area contributed by atoms with Gasteiger partial charge in [-0.15, -0.1) is 0 Å². The molecule has 1 aliphatic rings. The monoisotopic (exact) mass is 360 g/mol. The van der Waals surface area contributed by atoms with Gasteiger partial charge in [0, 0.05) is 11.0 Å². The van der Waals surface area contributed by atoms with E-state index in [9.17, 15) is 9.59 Å². The van der Waals surface area contributed by atoms with Crippen LogP contribution in [0, 0.1) is 13.8 Å². The van der Waals surface area contributed by atoms with Crippen molar-refractivity contribution in [1.82, 2.24) is 10.4 Å². The van der Waals surface area contributed by atoms with Crippen LogP contribution in [0.2, 0.25) is 0 Å². The van der Waals surface area contributed by atoms with Crippen LogP contribution < -0.4 is 5.43 Å². The average molecular weight is 360 g/mol. The van der Waals surface area contributed by atoms with Gasteiger partial charge >= 0.3 is 6.09 Å². The summed E-state index contributed by atoms with van der Waals surface area (Å²) >= 11 is 0. The Labute approximate surface area is 157 Å². The van der Waals surface area contributed by atoms with Crippen molar-refractivity contribution in [1.29, 1.82) is 0 Å². The number of rotatable bonds is 3. The molecule has 5 nitrogen and oxygen atoms in total. The summed E-state index contributed by atoms with van der Waals surface area (Å²) in [7, 11) is 0. The highest BCUT2D eigenvalue weighted by molar-refractivity contribution is 5.99. The Bertz CT molecular complexity index is 717. The largest absolute Gasteiger partial charge is 0.443 e. The van der Waals surface area contributed by atoms with E-state index in [1.807, 2.05) is 13.0 Å². The normalized spacial score (nSPS) is 19.2. The van der Waals surface area contributed by atoms with Gasteiger partial charge < -0.3 is 4.74 Å². The first kappa shape index (κ1) is 20.3. The van der Waals surface area contributed by atoms with Crippen molar-refractivity contribution in [2.45, 2.75) is 85.3 Å². The van der Waals surface area contributed by atoms with Crippen molar-refractivity contribution >= 4 is 12.0 Å². The molecule has 1 aromatic carbocycles. The fourth-order valence-corrected chi connectivity index (χ4v) is 4.04. The minimum Gasteiger partial charge on any atom is -0.443 e. The predicted molar refractivity (Wildman–Crippen MR) is 103 cm³/mol. The summed E-state index contributed by atoms with van der Waals surface area (Å²) in [5.41, 5.74) is 5.71. The Morgan fingerprint density at radius 2 is 1.88 bits per heavy atom. The highest BCUT2D eigenvalue weighted by atomic mass is 16.6. The van der Waals surface area contributed by atoms with E-state index in [2.05, 4.69) is 39.2 Å². The standard InChI is InChI=1S/C21H32N2O3/c1-9-10-16-21(7,8)17-14(3)11-13(2)12-15(17)18(24)23(16)22-19(25)26-20(4,5)6/h11-12,16H,9-10H2,1-8H3,(H,22,25)/t16-/m1/s1. The number of fused-ring (bicyclic) bond motifs is 1. The second-order valence-corrected chi connectivity index (χ2v) is 8.82. The molecule has 0 saturated heterocycles. The third kappa shape index (κ3) is 3.87. The number of hydrogen-bond donors (Lipinski definition) is 1. The highest BCUT2D eigenvalue weighted by Gasteiger charge is 2.46. The lowest BCUT2D eigenvalue weighted by atomic mass is 9.69. The molecule has 0 aliphatic carbocycles. The van der Waals surface area contributed by atoms with Gasteiger partial charge in [0.15, 0.2) is 0 Å². The maximum atomic E-state index is 13.3. The Kier molecular flexibility index (Phi) is 5.41. The van der Waals surface area contributed by atoms with Crippen LogP contribution in [0.3, 0.4) is 0 Å².